The fraction of sp³-hybridized carbons (Fsp3) is 0.304. The van der Waals surface area contributed by atoms with Gasteiger partial charge in [0.15, 0.2) is 0 Å². The van der Waals surface area contributed by atoms with Crippen LogP contribution in [-0.2, 0) is 9.53 Å². The van der Waals surface area contributed by atoms with Crippen LogP contribution in [0.15, 0.2) is 42.7 Å². The predicted molar refractivity (Wildman–Crippen MR) is 114 cm³/mol. The first-order valence-electron chi connectivity index (χ1n) is 10.3. The van der Waals surface area contributed by atoms with Crippen molar-refractivity contribution >= 4 is 22.5 Å². The van der Waals surface area contributed by atoms with Gasteiger partial charge in [0.2, 0.25) is 5.91 Å². The summed E-state index contributed by atoms with van der Waals surface area (Å²) in [5, 5.41) is 12.9. The first-order chi connectivity index (χ1) is 15.2. The molecule has 1 fully saturated rings. The topological polar surface area (TPSA) is 100 Å². The van der Waals surface area contributed by atoms with Gasteiger partial charge >= 0.3 is 0 Å². The van der Waals surface area contributed by atoms with Crippen LogP contribution in [0.4, 0.5) is 5.69 Å². The van der Waals surface area contributed by atoms with Gasteiger partial charge in [-0.3, -0.25) is 9.69 Å². The summed E-state index contributed by atoms with van der Waals surface area (Å²) < 4.78 is 11.4. The lowest BCUT2D eigenvalue weighted by molar-refractivity contribution is -0.116. The number of nitriles is 1. The highest BCUT2D eigenvalue weighted by Crippen LogP contribution is 2.40. The highest BCUT2D eigenvalue weighted by Gasteiger charge is 2.34. The number of morpholine rings is 1. The van der Waals surface area contributed by atoms with Crippen LogP contribution in [0.1, 0.15) is 22.7 Å². The Labute approximate surface area is 179 Å². The van der Waals surface area contributed by atoms with E-state index in [9.17, 15) is 10.1 Å². The third-order valence-corrected chi connectivity index (χ3v) is 5.71. The number of hydrogen-bond acceptors (Lipinski definition) is 7. The number of aromatic nitrogens is 2. The van der Waals surface area contributed by atoms with Gasteiger partial charge in [-0.2, -0.15) is 5.26 Å². The van der Waals surface area contributed by atoms with Gasteiger partial charge in [-0.05, 0) is 29.8 Å². The molecule has 1 amide bonds. The lowest BCUT2D eigenvalue weighted by Crippen LogP contribution is -2.38. The van der Waals surface area contributed by atoms with Crippen molar-refractivity contribution in [3.8, 4) is 11.8 Å². The minimum atomic E-state index is -0.600. The van der Waals surface area contributed by atoms with Gasteiger partial charge < -0.3 is 14.8 Å². The number of nitrogens with one attached hydrogen (secondary N) is 1. The van der Waals surface area contributed by atoms with Crippen molar-refractivity contribution < 1.29 is 14.3 Å². The molecule has 2 aliphatic heterocycles. The molecule has 0 saturated carbocycles. The quantitative estimate of drug-likeness (QED) is 0.682. The Morgan fingerprint density at radius 2 is 2.10 bits per heavy atom. The molecule has 3 heterocycles. The summed E-state index contributed by atoms with van der Waals surface area (Å²) in [6.07, 6.45) is 1.46. The van der Waals surface area contributed by atoms with Crippen molar-refractivity contribution in [2.75, 3.05) is 44.8 Å². The maximum atomic E-state index is 12.8. The molecule has 1 atom stereocenters. The summed E-state index contributed by atoms with van der Waals surface area (Å²) in [4.78, 5) is 24.0. The molecule has 3 aromatic rings. The Hall–Kier alpha value is -3.54. The zero-order chi connectivity index (χ0) is 21.2. The minimum Gasteiger partial charge on any atom is -0.490 e. The molecule has 156 valence electrons. The van der Waals surface area contributed by atoms with E-state index in [0.29, 0.717) is 34.8 Å². The van der Waals surface area contributed by atoms with E-state index < -0.39 is 5.92 Å². The molecule has 1 unspecified atom stereocenters. The first-order valence-corrected chi connectivity index (χ1v) is 10.3. The fourth-order valence-corrected chi connectivity index (χ4v) is 4.14. The van der Waals surface area contributed by atoms with Crippen LogP contribution in [0.5, 0.6) is 5.75 Å². The molecule has 5 rings (SSSR count). The summed E-state index contributed by atoms with van der Waals surface area (Å²) in [5.74, 6) is -0.0973. The Balaban J connectivity index is 1.45. The molecule has 2 aromatic carbocycles. The summed E-state index contributed by atoms with van der Waals surface area (Å²) in [6.45, 7) is 4.68. The maximum Gasteiger partial charge on any atom is 0.238 e. The number of carbonyl (C=O) groups excluding carboxylic acids is 1. The van der Waals surface area contributed by atoms with Crippen molar-refractivity contribution in [1.82, 2.24) is 14.9 Å². The number of fused-ring (bicyclic) bond motifs is 2. The number of nitrogens with zero attached hydrogens (tertiary/aromatic N) is 4. The van der Waals surface area contributed by atoms with Crippen molar-refractivity contribution in [2.24, 2.45) is 0 Å². The van der Waals surface area contributed by atoms with E-state index in [1.807, 2.05) is 18.2 Å². The Kier molecular flexibility index (Phi) is 5.20. The summed E-state index contributed by atoms with van der Waals surface area (Å²) in [5.41, 5.74) is 3.24. The van der Waals surface area contributed by atoms with E-state index in [1.54, 1.807) is 18.2 Å². The van der Waals surface area contributed by atoms with Crippen LogP contribution in [0.25, 0.3) is 10.9 Å². The average Bonchev–Trinajstić information content (AvgIpc) is 3.14. The Morgan fingerprint density at radius 3 is 2.94 bits per heavy atom. The number of benzene rings is 2. The molecule has 1 N–H and O–H groups in total. The molecule has 31 heavy (non-hydrogen) atoms. The molecule has 0 aliphatic carbocycles. The number of rotatable bonds is 5. The number of ether oxygens (including phenoxy) is 2. The number of anilines is 1. The largest absolute Gasteiger partial charge is 0.490 e. The van der Waals surface area contributed by atoms with Crippen LogP contribution in [0.3, 0.4) is 0 Å². The molecule has 8 nitrogen and oxygen atoms in total. The van der Waals surface area contributed by atoms with Crippen LogP contribution >= 0.6 is 0 Å². The van der Waals surface area contributed by atoms with Gasteiger partial charge in [0, 0.05) is 30.7 Å². The standard InChI is InChI=1S/C23H21N5O3/c24-13-15-4-5-18-17(12-15)20(23(29)27-18)22-16-2-1-3-19(21(16)25-14-26-22)31-11-8-28-6-9-30-10-7-28/h1-5,12,14,20H,6-11H2,(H,27,29). The van der Waals surface area contributed by atoms with Crippen LogP contribution in [0.2, 0.25) is 0 Å². The highest BCUT2D eigenvalue weighted by molar-refractivity contribution is 6.07. The summed E-state index contributed by atoms with van der Waals surface area (Å²) in [6, 6.07) is 13.0. The second kappa shape index (κ2) is 8.30. The SMILES string of the molecule is N#Cc1ccc2c(c1)C(c1ncnc3c(OCCN4CCOCC4)cccc13)C(=O)N2. The third-order valence-electron chi connectivity index (χ3n) is 5.71. The predicted octanol–water partition coefficient (Wildman–Crippen LogP) is 2.30. The summed E-state index contributed by atoms with van der Waals surface area (Å²) >= 11 is 0. The second-order valence-electron chi connectivity index (χ2n) is 7.55. The Morgan fingerprint density at radius 1 is 1.23 bits per heavy atom. The Bertz CT molecular complexity index is 1180. The maximum absolute atomic E-state index is 12.8. The van der Waals surface area contributed by atoms with Gasteiger partial charge in [-0.1, -0.05) is 12.1 Å². The molecule has 2 aliphatic rings. The van der Waals surface area contributed by atoms with E-state index in [0.717, 1.165) is 43.8 Å². The number of carbonyl (C=O) groups is 1. The van der Waals surface area contributed by atoms with E-state index in [4.69, 9.17) is 9.47 Å². The van der Waals surface area contributed by atoms with Crippen LogP contribution in [0, 0.1) is 11.3 Å². The molecule has 1 saturated heterocycles. The van der Waals surface area contributed by atoms with Crippen molar-refractivity contribution in [1.29, 1.82) is 5.26 Å². The molecular weight excluding hydrogens is 394 g/mol. The average molecular weight is 415 g/mol. The van der Waals surface area contributed by atoms with Gasteiger partial charge in [0.25, 0.3) is 0 Å². The van der Waals surface area contributed by atoms with E-state index in [-0.39, 0.29) is 5.91 Å². The molecule has 0 spiro atoms. The van der Waals surface area contributed by atoms with Gasteiger partial charge in [-0.15, -0.1) is 0 Å². The second-order valence-corrected chi connectivity index (χ2v) is 7.55. The summed E-state index contributed by atoms with van der Waals surface area (Å²) in [7, 11) is 0. The van der Waals surface area contributed by atoms with E-state index in [1.165, 1.54) is 6.33 Å². The highest BCUT2D eigenvalue weighted by atomic mass is 16.5. The molecule has 8 heteroatoms. The smallest absolute Gasteiger partial charge is 0.238 e. The zero-order valence-corrected chi connectivity index (χ0v) is 16.9. The van der Waals surface area contributed by atoms with Crippen molar-refractivity contribution in [2.45, 2.75) is 5.92 Å². The van der Waals surface area contributed by atoms with Gasteiger partial charge in [0.05, 0.1) is 30.5 Å². The van der Waals surface area contributed by atoms with Crippen molar-refractivity contribution in [3.63, 3.8) is 0 Å². The monoisotopic (exact) mass is 415 g/mol. The zero-order valence-electron chi connectivity index (χ0n) is 16.9. The first kappa shape index (κ1) is 19.4. The van der Waals surface area contributed by atoms with E-state index >= 15 is 0 Å². The number of hydrogen-bond donors (Lipinski definition) is 1. The number of amides is 1. The molecule has 1 aromatic heterocycles. The third kappa shape index (κ3) is 3.69. The molecule has 0 radical (unpaired) electrons. The van der Waals surface area contributed by atoms with Gasteiger partial charge in [0.1, 0.15) is 30.1 Å². The number of para-hydroxylation sites is 1. The molecule has 0 bridgehead atoms. The van der Waals surface area contributed by atoms with E-state index in [2.05, 4.69) is 26.3 Å². The van der Waals surface area contributed by atoms with Crippen molar-refractivity contribution in [3.05, 3.63) is 59.5 Å². The van der Waals surface area contributed by atoms with Gasteiger partial charge in [-0.25, -0.2) is 9.97 Å². The van der Waals surface area contributed by atoms with Crippen LogP contribution in [-0.4, -0.2) is 60.2 Å². The van der Waals surface area contributed by atoms with Crippen LogP contribution < -0.4 is 10.1 Å². The normalized spacial score (nSPS) is 18.4. The fourth-order valence-electron chi connectivity index (χ4n) is 4.14. The minimum absolute atomic E-state index is 0.163. The molecular formula is C23H21N5O3. The lowest BCUT2D eigenvalue weighted by atomic mass is 9.93. The lowest BCUT2D eigenvalue weighted by Gasteiger charge is -2.26.